The Morgan fingerprint density at radius 3 is 2.95 bits per heavy atom. The van der Waals surface area contributed by atoms with Gasteiger partial charge in [-0.25, -0.2) is 4.98 Å². The number of imidazole rings is 1. The number of aromatic nitrogens is 2. The molecule has 1 unspecified atom stereocenters. The highest BCUT2D eigenvalue weighted by Gasteiger charge is 2.10. The number of nitrogens with zero attached hydrogens (tertiary/aromatic N) is 2. The molecule has 5 heteroatoms. The molecule has 2 N–H and O–H groups in total. The van der Waals surface area contributed by atoms with Crippen molar-refractivity contribution in [3.63, 3.8) is 0 Å². The number of nitrogens with two attached hydrogens (primary N) is 1. The summed E-state index contributed by atoms with van der Waals surface area (Å²) in [5.41, 5.74) is 8.07. The fourth-order valence-corrected chi connectivity index (χ4v) is 2.45. The van der Waals surface area contributed by atoms with Gasteiger partial charge in [-0.15, -0.1) is 0 Å². The monoisotopic (exact) mass is 337 g/mol. The van der Waals surface area contributed by atoms with Gasteiger partial charge in [0, 0.05) is 22.6 Å². The number of benzene rings is 1. The van der Waals surface area contributed by atoms with Crippen LogP contribution in [0, 0.1) is 0 Å². The zero-order valence-electron chi connectivity index (χ0n) is 11.8. The van der Waals surface area contributed by atoms with Gasteiger partial charge in [0.15, 0.2) is 0 Å². The number of halogens is 1. The summed E-state index contributed by atoms with van der Waals surface area (Å²) in [6.45, 7) is 5.56. The highest BCUT2D eigenvalue weighted by atomic mass is 79.9. The van der Waals surface area contributed by atoms with E-state index >= 15 is 0 Å². The average molecular weight is 338 g/mol. The maximum Gasteiger partial charge on any atom is 0.130 e. The van der Waals surface area contributed by atoms with Gasteiger partial charge < -0.3 is 15.0 Å². The van der Waals surface area contributed by atoms with Gasteiger partial charge >= 0.3 is 0 Å². The number of rotatable bonds is 6. The third-order valence-corrected chi connectivity index (χ3v) is 3.59. The molecule has 1 aromatic carbocycles. The van der Waals surface area contributed by atoms with Crippen LogP contribution in [0.15, 0.2) is 35.2 Å². The Labute approximate surface area is 128 Å². The highest BCUT2D eigenvalue weighted by Crippen LogP contribution is 2.28. The molecule has 20 heavy (non-hydrogen) atoms. The summed E-state index contributed by atoms with van der Waals surface area (Å²) in [6.07, 6.45) is 4.77. The molecule has 0 aliphatic rings. The molecule has 0 aliphatic carbocycles. The molecule has 0 aliphatic heterocycles. The van der Waals surface area contributed by atoms with Gasteiger partial charge in [0.25, 0.3) is 0 Å². The fraction of sp³-hybridized carbons (Fsp3) is 0.400. The molecule has 0 saturated carbocycles. The lowest BCUT2D eigenvalue weighted by molar-refractivity contribution is 0.290. The molecule has 0 fully saturated rings. The molecule has 0 saturated heterocycles. The molecule has 4 nitrogen and oxygen atoms in total. The van der Waals surface area contributed by atoms with E-state index in [-0.39, 0.29) is 6.04 Å². The van der Waals surface area contributed by atoms with Gasteiger partial charge in [0.05, 0.1) is 18.2 Å². The molecule has 1 heterocycles. The van der Waals surface area contributed by atoms with E-state index in [1.807, 2.05) is 37.6 Å². The Bertz CT molecular complexity index is 566. The molecule has 1 atom stereocenters. The van der Waals surface area contributed by atoms with Crippen molar-refractivity contribution in [2.75, 3.05) is 0 Å². The van der Waals surface area contributed by atoms with Gasteiger partial charge in [-0.3, -0.25) is 0 Å². The Kier molecular flexibility index (Phi) is 5.20. The second-order valence-corrected chi connectivity index (χ2v) is 5.75. The zero-order valence-corrected chi connectivity index (χ0v) is 13.4. The third-order valence-electron chi connectivity index (χ3n) is 3.10. The summed E-state index contributed by atoms with van der Waals surface area (Å²) in [7, 11) is 0. The summed E-state index contributed by atoms with van der Waals surface area (Å²) in [5.74, 6) is 0.826. The van der Waals surface area contributed by atoms with Crippen LogP contribution in [0.3, 0.4) is 0 Å². The zero-order chi connectivity index (χ0) is 14.5. The second kappa shape index (κ2) is 6.90. The lowest BCUT2D eigenvalue weighted by atomic mass is 10.1. The van der Waals surface area contributed by atoms with Gasteiger partial charge in [0.2, 0.25) is 0 Å². The largest absolute Gasteiger partial charge is 0.487 e. The predicted molar refractivity (Wildman–Crippen MR) is 83.6 cm³/mol. The van der Waals surface area contributed by atoms with Crippen molar-refractivity contribution >= 4 is 15.9 Å². The lowest BCUT2D eigenvalue weighted by Crippen LogP contribution is -2.10. The molecular formula is C15H20BrN3O. The molecule has 2 aromatic rings. The van der Waals surface area contributed by atoms with Crippen LogP contribution in [0.2, 0.25) is 0 Å². The number of ether oxygens (including phenoxy) is 1. The van der Waals surface area contributed by atoms with Gasteiger partial charge in [0.1, 0.15) is 12.4 Å². The van der Waals surface area contributed by atoms with E-state index in [0.29, 0.717) is 6.61 Å². The molecule has 2 rings (SSSR count). The van der Waals surface area contributed by atoms with E-state index in [9.17, 15) is 0 Å². The van der Waals surface area contributed by atoms with Crippen LogP contribution in [-0.4, -0.2) is 9.55 Å². The summed E-state index contributed by atoms with van der Waals surface area (Å²) >= 11 is 3.46. The first-order chi connectivity index (χ1) is 9.61. The Hall–Kier alpha value is -1.33. The van der Waals surface area contributed by atoms with Crippen molar-refractivity contribution in [1.82, 2.24) is 9.55 Å². The van der Waals surface area contributed by atoms with Gasteiger partial charge in [-0.2, -0.15) is 0 Å². The van der Waals surface area contributed by atoms with Crippen LogP contribution in [0.1, 0.15) is 37.6 Å². The SMILES string of the molecule is CCCn1cncc1COc1ccc(Br)cc1C(C)N. The number of hydrogen-bond acceptors (Lipinski definition) is 3. The second-order valence-electron chi connectivity index (χ2n) is 4.84. The number of hydrogen-bond donors (Lipinski definition) is 1. The summed E-state index contributed by atoms with van der Waals surface area (Å²) < 4.78 is 9.05. The maximum atomic E-state index is 5.99. The van der Waals surface area contributed by atoms with E-state index in [2.05, 4.69) is 32.4 Å². The Balaban J connectivity index is 2.12. The van der Waals surface area contributed by atoms with Gasteiger partial charge in [-0.05, 0) is 31.5 Å². The summed E-state index contributed by atoms with van der Waals surface area (Å²) in [4.78, 5) is 4.18. The maximum absolute atomic E-state index is 5.99. The van der Waals surface area contributed by atoms with E-state index in [1.165, 1.54) is 0 Å². The van der Waals surface area contributed by atoms with E-state index < -0.39 is 0 Å². The highest BCUT2D eigenvalue weighted by molar-refractivity contribution is 9.10. The minimum atomic E-state index is -0.0666. The van der Waals surface area contributed by atoms with Crippen LogP contribution in [0.4, 0.5) is 0 Å². The molecule has 0 amide bonds. The first kappa shape index (κ1) is 15.1. The molecule has 0 spiro atoms. The molecule has 0 radical (unpaired) electrons. The van der Waals surface area contributed by atoms with Crippen molar-refractivity contribution < 1.29 is 4.74 Å². The molecule has 108 valence electrons. The minimum Gasteiger partial charge on any atom is -0.487 e. The standard InChI is InChI=1S/C15H20BrN3O/c1-3-6-19-10-18-8-13(19)9-20-15-5-4-12(16)7-14(15)11(2)17/h4-5,7-8,10-11H,3,6,9,17H2,1-2H3. The number of aryl methyl sites for hydroxylation is 1. The first-order valence-corrected chi connectivity index (χ1v) is 7.58. The smallest absolute Gasteiger partial charge is 0.130 e. The molecule has 0 bridgehead atoms. The van der Waals surface area contributed by atoms with Crippen LogP contribution in [-0.2, 0) is 13.2 Å². The van der Waals surface area contributed by atoms with E-state index in [4.69, 9.17) is 10.5 Å². The predicted octanol–water partition coefficient (Wildman–Crippen LogP) is 3.65. The van der Waals surface area contributed by atoms with Crippen molar-refractivity contribution in [3.8, 4) is 5.75 Å². The lowest BCUT2D eigenvalue weighted by Gasteiger charge is -2.15. The Morgan fingerprint density at radius 1 is 1.45 bits per heavy atom. The average Bonchev–Trinajstić information content (AvgIpc) is 2.85. The van der Waals surface area contributed by atoms with Crippen LogP contribution in [0.25, 0.3) is 0 Å². The van der Waals surface area contributed by atoms with E-state index in [0.717, 1.165) is 34.4 Å². The van der Waals surface area contributed by atoms with E-state index in [1.54, 1.807) is 0 Å². The topological polar surface area (TPSA) is 53.1 Å². The minimum absolute atomic E-state index is 0.0666. The summed E-state index contributed by atoms with van der Waals surface area (Å²) in [6, 6.07) is 5.85. The molecular weight excluding hydrogens is 318 g/mol. The molecule has 1 aromatic heterocycles. The van der Waals surface area contributed by atoms with Crippen LogP contribution >= 0.6 is 15.9 Å². The van der Waals surface area contributed by atoms with Crippen LogP contribution in [0.5, 0.6) is 5.75 Å². The summed E-state index contributed by atoms with van der Waals surface area (Å²) in [5, 5.41) is 0. The van der Waals surface area contributed by atoms with Crippen molar-refractivity contribution in [2.24, 2.45) is 5.73 Å². The fourth-order valence-electron chi connectivity index (χ4n) is 2.07. The first-order valence-electron chi connectivity index (χ1n) is 6.78. The quantitative estimate of drug-likeness (QED) is 0.875. The Morgan fingerprint density at radius 2 is 2.25 bits per heavy atom. The normalized spacial score (nSPS) is 12.4. The van der Waals surface area contributed by atoms with Gasteiger partial charge in [-0.1, -0.05) is 22.9 Å². The van der Waals surface area contributed by atoms with Crippen molar-refractivity contribution in [3.05, 3.63) is 46.5 Å². The third kappa shape index (κ3) is 3.61. The van der Waals surface area contributed by atoms with Crippen LogP contribution < -0.4 is 10.5 Å². The van der Waals surface area contributed by atoms with Crippen molar-refractivity contribution in [2.45, 2.75) is 39.5 Å². The van der Waals surface area contributed by atoms with Crippen molar-refractivity contribution in [1.29, 1.82) is 0 Å².